The predicted molar refractivity (Wildman–Crippen MR) is 51.8 cm³/mol. The van der Waals surface area contributed by atoms with Gasteiger partial charge < -0.3 is 5.32 Å². The first-order valence-corrected chi connectivity index (χ1v) is 3.96. The van der Waals surface area contributed by atoms with Crippen molar-refractivity contribution < 1.29 is 0 Å². The van der Waals surface area contributed by atoms with Crippen LogP contribution in [-0.4, -0.2) is 12.0 Å². The van der Waals surface area contributed by atoms with Gasteiger partial charge in [0.2, 0.25) is 0 Å². The van der Waals surface area contributed by atoms with Crippen LogP contribution in [0.5, 0.6) is 0 Å². The number of nitrogens with zero attached hydrogens (tertiary/aromatic N) is 1. The maximum atomic E-state index is 4.38. The van der Waals surface area contributed by atoms with Gasteiger partial charge >= 0.3 is 0 Å². The highest BCUT2D eigenvalue weighted by Crippen LogP contribution is 2.09. The van der Waals surface area contributed by atoms with Crippen LogP contribution in [0.2, 0.25) is 0 Å². The van der Waals surface area contributed by atoms with Crippen molar-refractivity contribution in [1.29, 1.82) is 0 Å². The zero-order chi connectivity index (χ0) is 9.14. The molecule has 0 saturated heterocycles. The van der Waals surface area contributed by atoms with Crippen molar-refractivity contribution in [3.05, 3.63) is 35.7 Å². The molecule has 0 aliphatic rings. The lowest BCUT2D eigenvalue weighted by atomic mass is 10.2. The lowest BCUT2D eigenvalue weighted by molar-refractivity contribution is 1.06. The van der Waals surface area contributed by atoms with Gasteiger partial charge in [-0.15, -0.1) is 0 Å². The molecule has 0 aromatic carbocycles. The van der Waals surface area contributed by atoms with Crippen LogP contribution in [-0.2, 0) is 0 Å². The second-order valence-electron chi connectivity index (χ2n) is 2.83. The molecule has 0 atom stereocenters. The van der Waals surface area contributed by atoms with Gasteiger partial charge in [-0.2, -0.15) is 0 Å². The van der Waals surface area contributed by atoms with E-state index >= 15 is 0 Å². The minimum Gasteiger partial charge on any atom is -0.387 e. The molecule has 2 nitrogen and oxygen atoms in total. The maximum absolute atomic E-state index is 4.38. The molecule has 0 spiro atoms. The molecule has 1 heterocycles. The van der Waals surface area contributed by atoms with Crippen LogP contribution >= 0.6 is 0 Å². The van der Waals surface area contributed by atoms with E-state index in [0.717, 1.165) is 17.1 Å². The zero-order valence-corrected chi connectivity index (χ0v) is 7.81. The summed E-state index contributed by atoms with van der Waals surface area (Å²) in [5.41, 5.74) is 4.05. The smallest absolute Gasteiger partial charge is 0.0858 e. The summed E-state index contributed by atoms with van der Waals surface area (Å²) in [6, 6.07) is 4.03. The largest absolute Gasteiger partial charge is 0.387 e. The molecule has 0 unspecified atom stereocenters. The van der Waals surface area contributed by atoms with E-state index in [-0.39, 0.29) is 0 Å². The molecular weight excluding hydrogens is 148 g/mol. The summed E-state index contributed by atoms with van der Waals surface area (Å²) in [4.78, 5) is 4.38. The van der Waals surface area contributed by atoms with Crippen molar-refractivity contribution in [1.82, 2.24) is 10.3 Å². The molecular formula is C10H14N2. The maximum Gasteiger partial charge on any atom is 0.0858 e. The summed E-state index contributed by atoms with van der Waals surface area (Å²) in [6.07, 6.45) is 0. The Balaban J connectivity index is 3.05. The fraction of sp³-hybridized carbons (Fsp3) is 0.300. The first-order valence-electron chi connectivity index (χ1n) is 3.96. The van der Waals surface area contributed by atoms with E-state index in [4.69, 9.17) is 0 Å². The Morgan fingerprint density at radius 3 is 2.58 bits per heavy atom. The Morgan fingerprint density at radius 1 is 1.42 bits per heavy atom. The van der Waals surface area contributed by atoms with Crippen molar-refractivity contribution in [2.75, 3.05) is 7.05 Å². The Morgan fingerprint density at radius 2 is 2.08 bits per heavy atom. The van der Waals surface area contributed by atoms with E-state index in [0.29, 0.717) is 0 Å². The van der Waals surface area contributed by atoms with Gasteiger partial charge in [-0.3, -0.25) is 4.98 Å². The molecule has 64 valence electrons. The van der Waals surface area contributed by atoms with E-state index in [1.165, 1.54) is 5.56 Å². The zero-order valence-electron chi connectivity index (χ0n) is 7.81. The van der Waals surface area contributed by atoms with E-state index in [2.05, 4.69) is 22.9 Å². The first-order chi connectivity index (χ1) is 5.65. The fourth-order valence-electron chi connectivity index (χ4n) is 0.927. The average Bonchev–Trinajstić information content (AvgIpc) is 2.08. The highest BCUT2D eigenvalue weighted by Gasteiger charge is 1.99. The van der Waals surface area contributed by atoms with Crippen LogP contribution in [0.15, 0.2) is 18.7 Å². The van der Waals surface area contributed by atoms with Gasteiger partial charge in [-0.1, -0.05) is 12.6 Å². The first kappa shape index (κ1) is 8.78. The molecule has 0 bridgehead atoms. The molecule has 1 rings (SSSR count). The molecule has 0 radical (unpaired) electrons. The van der Waals surface area contributed by atoms with E-state index < -0.39 is 0 Å². The van der Waals surface area contributed by atoms with Gasteiger partial charge in [0, 0.05) is 12.7 Å². The Labute approximate surface area is 73.3 Å². The molecule has 1 aromatic heterocycles. The normalized spacial score (nSPS) is 9.58. The minimum atomic E-state index is 0.859. The highest BCUT2D eigenvalue weighted by molar-refractivity contribution is 5.58. The Hall–Kier alpha value is -1.31. The SMILES string of the molecule is C=C(NC)c1ccc(C)c(C)n1. The molecule has 0 aliphatic carbocycles. The number of aryl methyl sites for hydroxylation is 2. The number of nitrogens with one attached hydrogen (secondary N) is 1. The van der Waals surface area contributed by atoms with Gasteiger partial charge in [-0.25, -0.2) is 0 Å². The van der Waals surface area contributed by atoms with Crippen molar-refractivity contribution in [2.45, 2.75) is 13.8 Å². The predicted octanol–water partition coefficient (Wildman–Crippen LogP) is 1.89. The molecule has 0 saturated carbocycles. The molecule has 0 aliphatic heterocycles. The average molecular weight is 162 g/mol. The summed E-state index contributed by atoms with van der Waals surface area (Å²) in [7, 11) is 1.85. The summed E-state index contributed by atoms with van der Waals surface area (Å²) in [5.74, 6) is 0. The fourth-order valence-corrected chi connectivity index (χ4v) is 0.927. The molecule has 1 aromatic rings. The number of hydrogen-bond donors (Lipinski definition) is 1. The lowest BCUT2D eigenvalue weighted by Gasteiger charge is -2.05. The third-order valence-corrected chi connectivity index (χ3v) is 1.96. The molecule has 2 heteroatoms. The number of aromatic nitrogens is 1. The monoisotopic (exact) mass is 162 g/mol. The van der Waals surface area contributed by atoms with Crippen LogP contribution in [0.4, 0.5) is 0 Å². The summed E-state index contributed by atoms with van der Waals surface area (Å²) < 4.78 is 0. The van der Waals surface area contributed by atoms with Crippen molar-refractivity contribution in [3.8, 4) is 0 Å². The number of hydrogen-bond acceptors (Lipinski definition) is 2. The molecule has 0 fully saturated rings. The second kappa shape index (κ2) is 3.39. The highest BCUT2D eigenvalue weighted by atomic mass is 14.9. The van der Waals surface area contributed by atoms with Crippen molar-refractivity contribution in [3.63, 3.8) is 0 Å². The Bertz CT molecular complexity index is 303. The standard InChI is InChI=1S/C10H14N2/c1-7-5-6-10(9(3)11-4)12-8(7)2/h5-6,11H,3H2,1-2,4H3. The van der Waals surface area contributed by atoms with Crippen LogP contribution in [0.1, 0.15) is 17.0 Å². The topological polar surface area (TPSA) is 24.9 Å². The minimum absolute atomic E-state index is 0.859. The van der Waals surface area contributed by atoms with Gasteiger partial charge in [0.25, 0.3) is 0 Å². The van der Waals surface area contributed by atoms with Crippen molar-refractivity contribution in [2.24, 2.45) is 0 Å². The van der Waals surface area contributed by atoms with Crippen molar-refractivity contribution >= 4 is 5.70 Å². The quantitative estimate of drug-likeness (QED) is 0.718. The molecule has 0 amide bonds. The summed E-state index contributed by atoms with van der Waals surface area (Å²) in [5, 5.41) is 2.97. The third-order valence-electron chi connectivity index (χ3n) is 1.96. The van der Waals surface area contributed by atoms with E-state index in [9.17, 15) is 0 Å². The number of pyridine rings is 1. The van der Waals surface area contributed by atoms with Gasteiger partial charge in [-0.05, 0) is 25.5 Å². The van der Waals surface area contributed by atoms with E-state index in [1.54, 1.807) is 0 Å². The third kappa shape index (κ3) is 1.64. The van der Waals surface area contributed by atoms with Crippen LogP contribution in [0.25, 0.3) is 5.70 Å². The summed E-state index contributed by atoms with van der Waals surface area (Å²) >= 11 is 0. The van der Waals surface area contributed by atoms with Crippen LogP contribution in [0, 0.1) is 13.8 Å². The summed E-state index contributed by atoms with van der Waals surface area (Å²) in [6.45, 7) is 7.89. The van der Waals surface area contributed by atoms with Crippen LogP contribution < -0.4 is 5.32 Å². The number of rotatable bonds is 2. The van der Waals surface area contributed by atoms with E-state index in [1.807, 2.05) is 27.0 Å². The van der Waals surface area contributed by atoms with Gasteiger partial charge in [0.05, 0.1) is 11.4 Å². The molecule has 12 heavy (non-hydrogen) atoms. The second-order valence-corrected chi connectivity index (χ2v) is 2.83. The van der Waals surface area contributed by atoms with Gasteiger partial charge in [0.15, 0.2) is 0 Å². The van der Waals surface area contributed by atoms with Gasteiger partial charge in [0.1, 0.15) is 0 Å². The Kier molecular flexibility index (Phi) is 2.48. The van der Waals surface area contributed by atoms with Crippen LogP contribution in [0.3, 0.4) is 0 Å². The lowest BCUT2D eigenvalue weighted by Crippen LogP contribution is -2.05. The molecule has 1 N–H and O–H groups in total.